The van der Waals surface area contributed by atoms with Crippen LogP contribution in [0.4, 0.5) is 0 Å². The van der Waals surface area contributed by atoms with E-state index in [1.807, 2.05) is 0 Å². The van der Waals surface area contributed by atoms with Gasteiger partial charge in [-0.1, -0.05) is 0 Å². The summed E-state index contributed by atoms with van der Waals surface area (Å²) in [6.07, 6.45) is 6.07. The number of rotatable bonds is 4. The minimum Gasteiger partial charge on any atom is -0.356 e. The lowest BCUT2D eigenvalue weighted by atomic mass is 9.97. The molecule has 0 radical (unpaired) electrons. The second kappa shape index (κ2) is 5.57. The lowest BCUT2D eigenvalue weighted by Crippen LogP contribution is -2.40. The van der Waals surface area contributed by atoms with E-state index in [0.29, 0.717) is 11.8 Å². The molecule has 2 saturated heterocycles. The van der Waals surface area contributed by atoms with Crippen molar-refractivity contribution in [1.82, 2.24) is 15.5 Å². The molecule has 4 heteroatoms. The highest BCUT2D eigenvalue weighted by molar-refractivity contribution is 5.78. The summed E-state index contributed by atoms with van der Waals surface area (Å²) in [5, 5.41) is 6.49. The van der Waals surface area contributed by atoms with Gasteiger partial charge in [-0.3, -0.25) is 4.79 Å². The fraction of sp³-hybridized carbons (Fsp3) is 0.929. The van der Waals surface area contributed by atoms with Crippen LogP contribution in [0.2, 0.25) is 0 Å². The van der Waals surface area contributed by atoms with Gasteiger partial charge in [0.15, 0.2) is 0 Å². The van der Waals surface area contributed by atoms with Crippen molar-refractivity contribution in [3.05, 3.63) is 0 Å². The fourth-order valence-corrected chi connectivity index (χ4v) is 3.27. The Hall–Kier alpha value is -0.610. The van der Waals surface area contributed by atoms with Gasteiger partial charge in [-0.2, -0.15) is 0 Å². The van der Waals surface area contributed by atoms with Gasteiger partial charge in [0.2, 0.25) is 5.91 Å². The van der Waals surface area contributed by atoms with Gasteiger partial charge >= 0.3 is 0 Å². The van der Waals surface area contributed by atoms with Gasteiger partial charge in [0.1, 0.15) is 0 Å². The van der Waals surface area contributed by atoms with Gasteiger partial charge < -0.3 is 15.5 Å². The highest BCUT2D eigenvalue weighted by Gasteiger charge is 2.34. The number of carbonyl (C=O) groups excluding carboxylic acids is 1. The maximum absolute atomic E-state index is 12.0. The third-order valence-corrected chi connectivity index (χ3v) is 4.66. The van der Waals surface area contributed by atoms with E-state index in [1.165, 1.54) is 32.4 Å². The average molecular weight is 251 g/mol. The predicted molar refractivity (Wildman–Crippen MR) is 71.3 cm³/mol. The second-order valence-corrected chi connectivity index (χ2v) is 6.15. The molecule has 1 amide bonds. The molecule has 1 saturated carbocycles. The van der Waals surface area contributed by atoms with Crippen molar-refractivity contribution in [3.63, 3.8) is 0 Å². The van der Waals surface area contributed by atoms with Crippen molar-refractivity contribution in [2.24, 2.45) is 11.8 Å². The summed E-state index contributed by atoms with van der Waals surface area (Å²) in [5.74, 6) is 1.24. The first-order valence-corrected chi connectivity index (χ1v) is 7.55. The number of hydrogen-bond acceptors (Lipinski definition) is 3. The molecule has 3 rings (SSSR count). The molecular formula is C14H25N3O. The first-order valence-electron chi connectivity index (χ1n) is 7.55. The fourth-order valence-electron chi connectivity index (χ4n) is 3.27. The van der Waals surface area contributed by atoms with E-state index in [9.17, 15) is 4.79 Å². The van der Waals surface area contributed by atoms with Crippen LogP contribution in [0, 0.1) is 11.8 Å². The number of hydrogen-bond donors (Lipinski definition) is 2. The Bertz CT molecular complexity index is 297. The molecule has 0 bridgehead atoms. The van der Waals surface area contributed by atoms with Crippen molar-refractivity contribution in [3.8, 4) is 0 Å². The zero-order chi connectivity index (χ0) is 12.4. The van der Waals surface area contributed by atoms with Crippen molar-refractivity contribution in [2.75, 3.05) is 32.7 Å². The average Bonchev–Trinajstić information content (AvgIpc) is 3.16. The molecule has 18 heavy (non-hydrogen) atoms. The normalized spacial score (nSPS) is 30.6. The Morgan fingerprint density at radius 2 is 1.94 bits per heavy atom. The number of nitrogens with zero attached hydrogens (tertiary/aromatic N) is 1. The molecule has 2 N–H and O–H groups in total. The highest BCUT2D eigenvalue weighted by atomic mass is 16.1. The molecule has 0 spiro atoms. The maximum atomic E-state index is 12.0. The number of likely N-dealkylation sites (tertiary alicyclic amines) is 1. The van der Waals surface area contributed by atoms with E-state index < -0.39 is 0 Å². The highest BCUT2D eigenvalue weighted by Crippen LogP contribution is 2.31. The van der Waals surface area contributed by atoms with Crippen LogP contribution in [0.25, 0.3) is 0 Å². The zero-order valence-corrected chi connectivity index (χ0v) is 11.2. The molecule has 2 aliphatic heterocycles. The van der Waals surface area contributed by atoms with Crippen molar-refractivity contribution in [1.29, 1.82) is 0 Å². The summed E-state index contributed by atoms with van der Waals surface area (Å²) in [5.41, 5.74) is 0. The van der Waals surface area contributed by atoms with E-state index in [-0.39, 0.29) is 5.92 Å². The van der Waals surface area contributed by atoms with Crippen LogP contribution in [0.15, 0.2) is 0 Å². The van der Waals surface area contributed by atoms with Crippen LogP contribution in [0.1, 0.15) is 32.1 Å². The number of amides is 1. The third kappa shape index (κ3) is 3.04. The quantitative estimate of drug-likeness (QED) is 0.768. The Morgan fingerprint density at radius 3 is 2.67 bits per heavy atom. The summed E-state index contributed by atoms with van der Waals surface area (Å²) in [4.78, 5) is 14.6. The van der Waals surface area contributed by atoms with E-state index in [2.05, 4.69) is 15.5 Å². The molecular weight excluding hydrogens is 226 g/mol. The molecule has 0 aromatic carbocycles. The number of carbonyl (C=O) groups is 1. The minimum atomic E-state index is 0.257. The molecule has 0 aromatic heterocycles. The Balaban J connectivity index is 1.37. The third-order valence-electron chi connectivity index (χ3n) is 4.66. The largest absolute Gasteiger partial charge is 0.356 e. The van der Waals surface area contributed by atoms with Crippen molar-refractivity contribution >= 4 is 5.91 Å². The standard InChI is InChI=1S/C14H25N3O/c18-14(12-3-6-15-7-4-12)16-9-11-5-8-17(10-11)13-1-2-13/h11-13,15H,1-10H2,(H,16,18). The molecule has 1 unspecified atom stereocenters. The molecule has 1 aliphatic carbocycles. The van der Waals surface area contributed by atoms with Gasteiger partial charge in [-0.05, 0) is 57.7 Å². The lowest BCUT2D eigenvalue weighted by Gasteiger charge is -2.22. The van der Waals surface area contributed by atoms with Crippen LogP contribution in [-0.4, -0.2) is 49.6 Å². The summed E-state index contributed by atoms with van der Waals surface area (Å²) in [6, 6.07) is 0.884. The SMILES string of the molecule is O=C(NCC1CCN(C2CC2)C1)C1CCNCC1. The van der Waals surface area contributed by atoms with E-state index in [1.54, 1.807) is 0 Å². The van der Waals surface area contributed by atoms with Crippen LogP contribution >= 0.6 is 0 Å². The summed E-state index contributed by atoms with van der Waals surface area (Å²) in [6.45, 7) is 5.34. The predicted octanol–water partition coefficient (Wildman–Crippen LogP) is 0.587. The summed E-state index contributed by atoms with van der Waals surface area (Å²) < 4.78 is 0. The molecule has 102 valence electrons. The topological polar surface area (TPSA) is 44.4 Å². The second-order valence-electron chi connectivity index (χ2n) is 6.15. The van der Waals surface area contributed by atoms with Crippen molar-refractivity contribution in [2.45, 2.75) is 38.1 Å². The monoisotopic (exact) mass is 251 g/mol. The summed E-state index contributed by atoms with van der Waals surface area (Å²) in [7, 11) is 0. The first-order chi connectivity index (χ1) is 8.83. The van der Waals surface area contributed by atoms with E-state index in [0.717, 1.165) is 38.5 Å². The van der Waals surface area contributed by atoms with Gasteiger partial charge in [0.05, 0.1) is 0 Å². The summed E-state index contributed by atoms with van der Waals surface area (Å²) >= 11 is 0. The van der Waals surface area contributed by atoms with Gasteiger partial charge in [0.25, 0.3) is 0 Å². The molecule has 0 aromatic rings. The van der Waals surface area contributed by atoms with E-state index in [4.69, 9.17) is 0 Å². The Morgan fingerprint density at radius 1 is 1.17 bits per heavy atom. The van der Waals surface area contributed by atoms with Gasteiger partial charge in [-0.15, -0.1) is 0 Å². The van der Waals surface area contributed by atoms with Crippen LogP contribution in [0.3, 0.4) is 0 Å². The first kappa shape index (κ1) is 12.4. The minimum absolute atomic E-state index is 0.257. The Labute approximate surface area is 109 Å². The molecule has 4 nitrogen and oxygen atoms in total. The van der Waals surface area contributed by atoms with Gasteiger partial charge in [0, 0.05) is 25.0 Å². The smallest absolute Gasteiger partial charge is 0.223 e. The maximum Gasteiger partial charge on any atom is 0.223 e. The molecule has 2 heterocycles. The van der Waals surface area contributed by atoms with Crippen LogP contribution in [0.5, 0.6) is 0 Å². The molecule has 3 aliphatic rings. The van der Waals surface area contributed by atoms with Crippen molar-refractivity contribution < 1.29 is 4.79 Å². The zero-order valence-electron chi connectivity index (χ0n) is 11.2. The van der Waals surface area contributed by atoms with Crippen LogP contribution < -0.4 is 10.6 Å². The van der Waals surface area contributed by atoms with Crippen LogP contribution in [-0.2, 0) is 4.79 Å². The molecule has 1 atom stereocenters. The van der Waals surface area contributed by atoms with Gasteiger partial charge in [-0.25, -0.2) is 0 Å². The lowest BCUT2D eigenvalue weighted by molar-refractivity contribution is -0.125. The van der Waals surface area contributed by atoms with E-state index >= 15 is 0 Å². The molecule has 3 fully saturated rings. The number of nitrogens with one attached hydrogen (secondary N) is 2. The Kier molecular flexibility index (Phi) is 3.85. The number of piperidine rings is 1.